The molecule has 0 unspecified atom stereocenters. The molecule has 8 heteroatoms. The summed E-state index contributed by atoms with van der Waals surface area (Å²) in [6.07, 6.45) is 1.67. The van der Waals surface area contributed by atoms with Crippen molar-refractivity contribution in [3.63, 3.8) is 0 Å². The zero-order chi connectivity index (χ0) is 24.1. The van der Waals surface area contributed by atoms with Crippen LogP contribution in [0.3, 0.4) is 0 Å². The fourth-order valence-electron chi connectivity index (χ4n) is 3.35. The van der Waals surface area contributed by atoms with Crippen molar-refractivity contribution < 1.29 is 23.5 Å². The van der Waals surface area contributed by atoms with Gasteiger partial charge in [0, 0.05) is 4.47 Å². The minimum Gasteiger partial charge on any atom is -0.490 e. The molecular weight excluding hydrogens is 521 g/mol. The van der Waals surface area contributed by atoms with Crippen LogP contribution >= 0.6 is 27.7 Å². The van der Waals surface area contributed by atoms with Crippen LogP contribution in [0, 0.1) is 5.82 Å². The SMILES string of the molecule is CCOc1cc(/C=C2\SC(=O)N(Cc3ccc(Br)cc3)C2=O)ccc1OCc1cccc(F)c1. The Kier molecular flexibility index (Phi) is 7.70. The molecule has 34 heavy (non-hydrogen) atoms. The average molecular weight is 542 g/mol. The summed E-state index contributed by atoms with van der Waals surface area (Å²) >= 11 is 4.29. The Morgan fingerprint density at radius 1 is 0.971 bits per heavy atom. The van der Waals surface area contributed by atoms with Gasteiger partial charge < -0.3 is 9.47 Å². The van der Waals surface area contributed by atoms with Gasteiger partial charge in [0.1, 0.15) is 12.4 Å². The van der Waals surface area contributed by atoms with Crippen molar-refractivity contribution in [2.24, 2.45) is 0 Å². The summed E-state index contributed by atoms with van der Waals surface area (Å²) in [7, 11) is 0. The molecule has 0 radical (unpaired) electrons. The maximum atomic E-state index is 13.4. The lowest BCUT2D eigenvalue weighted by molar-refractivity contribution is -0.123. The van der Waals surface area contributed by atoms with Gasteiger partial charge in [-0.05, 0) is 77.9 Å². The van der Waals surface area contributed by atoms with Crippen LogP contribution < -0.4 is 9.47 Å². The first-order chi connectivity index (χ1) is 16.4. The van der Waals surface area contributed by atoms with Gasteiger partial charge in [0.2, 0.25) is 0 Å². The van der Waals surface area contributed by atoms with Gasteiger partial charge in [0.25, 0.3) is 11.1 Å². The Bertz CT molecular complexity index is 1250. The number of ether oxygens (including phenoxy) is 2. The summed E-state index contributed by atoms with van der Waals surface area (Å²) in [6.45, 7) is 2.68. The summed E-state index contributed by atoms with van der Waals surface area (Å²) in [6, 6.07) is 19.0. The third-order valence-corrected chi connectivity index (χ3v) is 6.41. The lowest BCUT2D eigenvalue weighted by Gasteiger charge is -2.13. The Hall–Kier alpha value is -3.10. The number of imide groups is 1. The maximum absolute atomic E-state index is 13.4. The summed E-state index contributed by atoms with van der Waals surface area (Å²) in [4.78, 5) is 26.9. The number of halogens is 2. The van der Waals surface area contributed by atoms with E-state index in [4.69, 9.17) is 9.47 Å². The molecule has 0 saturated carbocycles. The van der Waals surface area contributed by atoms with Crippen molar-refractivity contribution in [3.8, 4) is 11.5 Å². The Labute approximate surface area is 209 Å². The van der Waals surface area contributed by atoms with Crippen LogP contribution in [0.5, 0.6) is 11.5 Å². The number of hydrogen-bond donors (Lipinski definition) is 0. The quantitative estimate of drug-likeness (QED) is 0.293. The van der Waals surface area contributed by atoms with Gasteiger partial charge in [-0.3, -0.25) is 14.5 Å². The summed E-state index contributed by atoms with van der Waals surface area (Å²) in [5, 5.41) is -0.306. The molecule has 3 aromatic carbocycles. The largest absolute Gasteiger partial charge is 0.490 e. The number of nitrogens with zero attached hydrogens (tertiary/aromatic N) is 1. The molecule has 0 atom stereocenters. The van der Waals surface area contributed by atoms with E-state index in [1.807, 2.05) is 31.2 Å². The Balaban J connectivity index is 1.50. The molecule has 0 N–H and O–H groups in total. The molecule has 174 valence electrons. The summed E-state index contributed by atoms with van der Waals surface area (Å²) < 4.78 is 25.9. The van der Waals surface area contributed by atoms with Crippen LogP contribution in [0.15, 0.2) is 76.1 Å². The molecule has 1 aliphatic heterocycles. The predicted octanol–water partition coefficient (Wildman–Crippen LogP) is 6.80. The lowest BCUT2D eigenvalue weighted by Crippen LogP contribution is -2.27. The van der Waals surface area contributed by atoms with Crippen molar-refractivity contribution in [1.29, 1.82) is 0 Å². The average Bonchev–Trinajstić information content (AvgIpc) is 3.07. The van der Waals surface area contributed by atoms with Gasteiger partial charge in [-0.1, -0.05) is 46.3 Å². The zero-order valence-electron chi connectivity index (χ0n) is 18.3. The Morgan fingerprint density at radius 2 is 1.76 bits per heavy atom. The minimum absolute atomic E-state index is 0.187. The number of carbonyl (C=O) groups is 2. The van der Waals surface area contributed by atoms with Crippen LogP contribution in [0.1, 0.15) is 23.6 Å². The van der Waals surface area contributed by atoms with Crippen molar-refractivity contribution in [1.82, 2.24) is 4.90 Å². The zero-order valence-corrected chi connectivity index (χ0v) is 20.7. The van der Waals surface area contributed by atoms with Gasteiger partial charge in [0.15, 0.2) is 11.5 Å². The third kappa shape index (κ3) is 5.87. The van der Waals surface area contributed by atoms with E-state index in [-0.39, 0.29) is 30.1 Å². The lowest BCUT2D eigenvalue weighted by atomic mass is 10.1. The van der Waals surface area contributed by atoms with E-state index >= 15 is 0 Å². The van der Waals surface area contributed by atoms with E-state index in [1.54, 1.807) is 36.4 Å². The molecule has 0 spiro atoms. The third-order valence-electron chi connectivity index (χ3n) is 4.98. The van der Waals surface area contributed by atoms with Crippen molar-refractivity contribution >= 4 is 44.9 Å². The van der Waals surface area contributed by atoms with Crippen LogP contribution in [0.25, 0.3) is 6.08 Å². The highest BCUT2D eigenvalue weighted by atomic mass is 79.9. The second kappa shape index (κ2) is 10.9. The fraction of sp³-hybridized carbons (Fsp3) is 0.154. The van der Waals surface area contributed by atoms with Gasteiger partial charge in [-0.15, -0.1) is 0 Å². The molecule has 2 amide bonds. The molecule has 1 aliphatic rings. The monoisotopic (exact) mass is 541 g/mol. The van der Waals surface area contributed by atoms with Crippen LogP contribution in [-0.2, 0) is 17.9 Å². The van der Waals surface area contributed by atoms with Gasteiger partial charge >= 0.3 is 0 Å². The van der Waals surface area contributed by atoms with Crippen LogP contribution in [0.2, 0.25) is 0 Å². The number of rotatable bonds is 8. The molecular formula is C26H21BrFNO4S. The molecule has 1 saturated heterocycles. The van der Waals surface area contributed by atoms with E-state index in [1.165, 1.54) is 17.0 Å². The smallest absolute Gasteiger partial charge is 0.293 e. The molecule has 0 aromatic heterocycles. The first kappa shape index (κ1) is 24.0. The second-order valence-corrected chi connectivity index (χ2v) is 9.36. The highest BCUT2D eigenvalue weighted by Gasteiger charge is 2.35. The van der Waals surface area contributed by atoms with Gasteiger partial charge in [0.05, 0.1) is 18.1 Å². The molecule has 0 bridgehead atoms. The Morgan fingerprint density at radius 3 is 2.50 bits per heavy atom. The topological polar surface area (TPSA) is 55.8 Å². The fourth-order valence-corrected chi connectivity index (χ4v) is 4.45. The van der Waals surface area contributed by atoms with E-state index in [2.05, 4.69) is 15.9 Å². The number of hydrogen-bond acceptors (Lipinski definition) is 5. The van der Waals surface area contributed by atoms with Crippen LogP contribution in [0.4, 0.5) is 9.18 Å². The van der Waals surface area contributed by atoms with E-state index < -0.39 is 0 Å². The molecule has 4 rings (SSSR count). The normalized spacial score (nSPS) is 14.7. The number of carbonyl (C=O) groups excluding carboxylic acids is 2. The molecule has 3 aromatic rings. The molecule has 0 aliphatic carbocycles. The first-order valence-electron chi connectivity index (χ1n) is 10.6. The highest BCUT2D eigenvalue weighted by Crippen LogP contribution is 2.35. The van der Waals surface area contributed by atoms with Gasteiger partial charge in [-0.25, -0.2) is 4.39 Å². The predicted molar refractivity (Wildman–Crippen MR) is 134 cm³/mol. The van der Waals surface area contributed by atoms with E-state index in [9.17, 15) is 14.0 Å². The first-order valence-corrected chi connectivity index (χ1v) is 12.2. The molecule has 1 heterocycles. The van der Waals surface area contributed by atoms with Gasteiger partial charge in [-0.2, -0.15) is 0 Å². The minimum atomic E-state index is -0.331. The van der Waals surface area contributed by atoms with Crippen molar-refractivity contribution in [2.75, 3.05) is 6.61 Å². The van der Waals surface area contributed by atoms with Crippen molar-refractivity contribution in [3.05, 3.63) is 98.6 Å². The summed E-state index contributed by atoms with van der Waals surface area (Å²) in [5.41, 5.74) is 2.27. The number of amides is 2. The number of benzene rings is 3. The second-order valence-electron chi connectivity index (χ2n) is 7.45. The standard InChI is InChI=1S/C26H21BrFNO4S/c1-2-32-23-13-18(8-11-22(23)33-16-19-4-3-5-21(28)12-19)14-24-25(30)29(26(31)34-24)15-17-6-9-20(27)10-7-17/h3-14H,2,15-16H2,1H3/b24-14-. The molecule has 5 nitrogen and oxygen atoms in total. The highest BCUT2D eigenvalue weighted by molar-refractivity contribution is 9.10. The van der Waals surface area contributed by atoms with E-state index in [0.717, 1.165) is 21.8 Å². The maximum Gasteiger partial charge on any atom is 0.293 e. The van der Waals surface area contributed by atoms with E-state index in [0.29, 0.717) is 34.1 Å². The van der Waals surface area contributed by atoms with Crippen LogP contribution in [-0.4, -0.2) is 22.7 Å². The summed E-state index contributed by atoms with van der Waals surface area (Å²) in [5.74, 6) is 0.353. The molecule has 1 fully saturated rings. The van der Waals surface area contributed by atoms with Crippen molar-refractivity contribution in [2.45, 2.75) is 20.1 Å². The number of thioether (sulfide) groups is 1.